The first-order valence-corrected chi connectivity index (χ1v) is 8.59. The van der Waals surface area contributed by atoms with E-state index in [0.717, 1.165) is 19.5 Å². The van der Waals surface area contributed by atoms with Gasteiger partial charge in [0.05, 0.1) is 5.39 Å². The van der Waals surface area contributed by atoms with Crippen LogP contribution < -0.4 is 11.5 Å². The molecule has 136 valence electrons. The van der Waals surface area contributed by atoms with Gasteiger partial charge < -0.3 is 35.9 Å². The smallest absolute Gasteiger partial charge is 0.164 e. The Balaban J connectivity index is 1.52. The van der Waals surface area contributed by atoms with Gasteiger partial charge in [-0.25, -0.2) is 9.97 Å². The maximum Gasteiger partial charge on any atom is 0.164 e. The summed E-state index contributed by atoms with van der Waals surface area (Å²) in [5, 5.41) is 21.6. The Hall–Kier alpha value is -1.78. The highest BCUT2D eigenvalue weighted by atomic mass is 16.6. The van der Waals surface area contributed by atoms with Crippen molar-refractivity contribution >= 4 is 16.9 Å². The number of aliphatic hydroxyl groups excluding tert-OH is 2. The monoisotopic (exact) mass is 348 g/mol. The fourth-order valence-corrected chi connectivity index (χ4v) is 3.83. The van der Waals surface area contributed by atoms with Crippen molar-refractivity contribution in [1.29, 1.82) is 0 Å². The first-order chi connectivity index (χ1) is 12.1. The van der Waals surface area contributed by atoms with Crippen molar-refractivity contribution < 1.29 is 14.9 Å². The van der Waals surface area contributed by atoms with Crippen molar-refractivity contribution in [1.82, 2.24) is 19.4 Å². The number of nitrogens with two attached hydrogens (primary N) is 2. The van der Waals surface area contributed by atoms with E-state index in [9.17, 15) is 10.2 Å². The number of hydrogen-bond donors (Lipinski definition) is 4. The van der Waals surface area contributed by atoms with Gasteiger partial charge in [-0.05, 0) is 31.5 Å². The van der Waals surface area contributed by atoms with Crippen LogP contribution in [0.2, 0.25) is 0 Å². The maximum absolute atomic E-state index is 10.5. The molecule has 2 aromatic rings. The van der Waals surface area contributed by atoms with Gasteiger partial charge >= 0.3 is 0 Å². The molecule has 4 heterocycles. The average Bonchev–Trinajstić information content (AvgIpc) is 3.30. The van der Waals surface area contributed by atoms with Crippen LogP contribution in [0.3, 0.4) is 0 Å². The second-order valence-electron chi connectivity index (χ2n) is 6.92. The first-order valence-electron chi connectivity index (χ1n) is 8.59. The lowest BCUT2D eigenvalue weighted by Crippen LogP contribution is -2.39. The number of nitrogen functional groups attached to an aromatic ring is 1. The van der Waals surface area contributed by atoms with Gasteiger partial charge in [0, 0.05) is 19.3 Å². The molecule has 9 heteroatoms. The topological polar surface area (TPSA) is 136 Å². The summed E-state index contributed by atoms with van der Waals surface area (Å²) in [6.45, 7) is 3.08. The third-order valence-electron chi connectivity index (χ3n) is 5.29. The summed E-state index contributed by atoms with van der Waals surface area (Å²) in [6.07, 6.45) is 1.01. The maximum atomic E-state index is 10.5. The summed E-state index contributed by atoms with van der Waals surface area (Å²) < 4.78 is 7.70. The molecule has 0 bridgehead atoms. The lowest BCUT2D eigenvalue weighted by atomic mass is 10.1. The molecule has 5 atom stereocenters. The van der Waals surface area contributed by atoms with E-state index >= 15 is 0 Å². The largest absolute Gasteiger partial charge is 0.387 e. The van der Waals surface area contributed by atoms with Crippen molar-refractivity contribution in [2.24, 2.45) is 11.7 Å². The Labute approximate surface area is 145 Å². The highest BCUT2D eigenvalue weighted by molar-refractivity contribution is 5.86. The number of likely N-dealkylation sites (tertiary alicyclic amines) is 1. The van der Waals surface area contributed by atoms with E-state index in [0.29, 0.717) is 35.9 Å². The quantitative estimate of drug-likeness (QED) is 0.547. The first kappa shape index (κ1) is 16.7. The zero-order valence-electron chi connectivity index (χ0n) is 13.9. The number of aliphatic hydroxyl groups is 2. The van der Waals surface area contributed by atoms with E-state index in [1.165, 1.54) is 6.33 Å². The minimum atomic E-state index is -1.04. The molecule has 0 amide bonds. The van der Waals surface area contributed by atoms with Crippen LogP contribution in [0.15, 0.2) is 18.6 Å². The zero-order valence-corrected chi connectivity index (χ0v) is 13.9. The molecule has 0 radical (unpaired) electrons. The number of ether oxygens (including phenoxy) is 1. The Kier molecular flexibility index (Phi) is 4.34. The Morgan fingerprint density at radius 1 is 1.28 bits per heavy atom. The highest BCUT2D eigenvalue weighted by Gasteiger charge is 2.45. The van der Waals surface area contributed by atoms with Gasteiger partial charge in [-0.1, -0.05) is 0 Å². The summed E-state index contributed by atoms with van der Waals surface area (Å²) in [5.74, 6) is 0.866. The summed E-state index contributed by atoms with van der Waals surface area (Å²) in [6, 6.07) is 1.78. The molecule has 2 saturated heterocycles. The van der Waals surface area contributed by atoms with Gasteiger partial charge in [-0.15, -0.1) is 0 Å². The fourth-order valence-electron chi connectivity index (χ4n) is 3.83. The Bertz CT molecular complexity index is 753. The number of anilines is 1. The van der Waals surface area contributed by atoms with E-state index in [-0.39, 0.29) is 0 Å². The number of fused-ring (bicyclic) bond motifs is 1. The SMILES string of the molecule is NCC1CCN(C[C@H]2O[C@@H](n3ccc4c(N)ncnc43)[C@H](O)[C@@H]2O)C1. The number of nitrogens with zero attached hydrogens (tertiary/aromatic N) is 4. The summed E-state index contributed by atoms with van der Waals surface area (Å²) in [5.41, 5.74) is 12.2. The van der Waals surface area contributed by atoms with Gasteiger partial charge in [-0.2, -0.15) is 0 Å². The van der Waals surface area contributed by atoms with Crippen LogP contribution in [0.5, 0.6) is 0 Å². The van der Waals surface area contributed by atoms with Crippen LogP contribution in [0.4, 0.5) is 5.82 Å². The lowest BCUT2D eigenvalue weighted by molar-refractivity contribution is -0.0423. The van der Waals surface area contributed by atoms with Gasteiger partial charge in [0.15, 0.2) is 6.23 Å². The third-order valence-corrected chi connectivity index (χ3v) is 5.29. The van der Waals surface area contributed by atoms with Gasteiger partial charge in [0.2, 0.25) is 0 Å². The van der Waals surface area contributed by atoms with Crippen molar-refractivity contribution in [2.45, 2.75) is 31.0 Å². The van der Waals surface area contributed by atoms with E-state index in [1.54, 1.807) is 16.8 Å². The highest BCUT2D eigenvalue weighted by Crippen LogP contribution is 2.33. The molecule has 9 nitrogen and oxygen atoms in total. The predicted octanol–water partition coefficient (Wildman–Crippen LogP) is -1.09. The number of rotatable bonds is 4. The van der Waals surface area contributed by atoms with Crippen LogP contribution >= 0.6 is 0 Å². The number of hydrogen-bond acceptors (Lipinski definition) is 8. The van der Waals surface area contributed by atoms with E-state index in [2.05, 4.69) is 14.9 Å². The average molecular weight is 348 g/mol. The fraction of sp³-hybridized carbons (Fsp3) is 0.625. The second kappa shape index (κ2) is 6.50. The molecular formula is C16H24N6O3. The van der Waals surface area contributed by atoms with Crippen molar-refractivity contribution in [3.8, 4) is 0 Å². The van der Waals surface area contributed by atoms with E-state index in [1.807, 2.05) is 0 Å². The summed E-state index contributed by atoms with van der Waals surface area (Å²) >= 11 is 0. The van der Waals surface area contributed by atoms with Crippen molar-refractivity contribution in [2.75, 3.05) is 31.9 Å². The molecule has 2 aliphatic rings. The van der Waals surface area contributed by atoms with Crippen LogP contribution in [0, 0.1) is 5.92 Å². The van der Waals surface area contributed by atoms with E-state index < -0.39 is 24.5 Å². The van der Waals surface area contributed by atoms with E-state index in [4.69, 9.17) is 16.2 Å². The second-order valence-corrected chi connectivity index (χ2v) is 6.92. The molecule has 2 aromatic heterocycles. The van der Waals surface area contributed by atoms with Crippen molar-refractivity contribution in [3.05, 3.63) is 18.6 Å². The Morgan fingerprint density at radius 2 is 2.12 bits per heavy atom. The minimum absolute atomic E-state index is 0.373. The van der Waals surface area contributed by atoms with Gasteiger partial charge in [0.1, 0.15) is 36.1 Å². The minimum Gasteiger partial charge on any atom is -0.387 e. The molecule has 2 fully saturated rings. The van der Waals surface area contributed by atoms with Crippen LogP contribution in [0.25, 0.3) is 11.0 Å². The summed E-state index contributed by atoms with van der Waals surface area (Å²) in [4.78, 5) is 10.4. The van der Waals surface area contributed by atoms with Gasteiger partial charge in [0.25, 0.3) is 0 Å². The molecule has 0 aromatic carbocycles. The zero-order chi connectivity index (χ0) is 17.6. The van der Waals surface area contributed by atoms with Crippen LogP contribution in [-0.4, -0.2) is 74.1 Å². The molecule has 1 unspecified atom stereocenters. The summed E-state index contributed by atoms with van der Waals surface area (Å²) in [7, 11) is 0. The normalized spacial score (nSPS) is 33.5. The molecule has 25 heavy (non-hydrogen) atoms. The Morgan fingerprint density at radius 3 is 2.88 bits per heavy atom. The molecule has 0 saturated carbocycles. The molecule has 2 aliphatic heterocycles. The molecular weight excluding hydrogens is 324 g/mol. The third kappa shape index (κ3) is 2.87. The molecule has 4 rings (SSSR count). The van der Waals surface area contributed by atoms with Crippen LogP contribution in [0.1, 0.15) is 12.6 Å². The molecule has 0 aliphatic carbocycles. The molecule has 0 spiro atoms. The van der Waals surface area contributed by atoms with Crippen molar-refractivity contribution in [3.63, 3.8) is 0 Å². The molecule has 6 N–H and O–H groups in total. The van der Waals surface area contributed by atoms with Crippen LogP contribution in [-0.2, 0) is 4.74 Å². The van der Waals surface area contributed by atoms with Gasteiger partial charge in [-0.3, -0.25) is 0 Å². The predicted molar refractivity (Wildman–Crippen MR) is 91.5 cm³/mol. The lowest BCUT2D eigenvalue weighted by Gasteiger charge is -2.22. The standard InChI is InChI=1S/C16H24N6O3/c17-5-9-1-3-21(6-9)7-11-12(23)13(24)16(25-11)22-4-2-10-14(18)19-8-20-15(10)22/h2,4,8-9,11-13,16,23-24H,1,3,5-7,17H2,(H2,18,19,20)/t9?,11-,12-,13-,16-/m1/s1. The number of aromatic nitrogens is 3.